The molecule has 0 saturated heterocycles. The number of rotatable bonds is 5. The minimum absolute atomic E-state index is 0.495. The summed E-state index contributed by atoms with van der Waals surface area (Å²) in [6, 6.07) is 5.53. The predicted molar refractivity (Wildman–Crippen MR) is 76.6 cm³/mol. The Balaban J connectivity index is 2.67. The number of ether oxygens (including phenoxy) is 2. The van der Waals surface area contributed by atoms with Crippen molar-refractivity contribution < 1.29 is 9.47 Å². The van der Waals surface area contributed by atoms with E-state index < -0.39 is 0 Å². The Labute approximate surface area is 112 Å². The average Bonchev–Trinajstić information content (AvgIpc) is 2.38. The maximum Gasteiger partial charge on any atom is 0.186 e. The average molecular weight is 267 g/mol. The molecule has 0 aliphatic heterocycles. The fraction of sp³-hybridized carbons (Fsp3) is 0.333. The van der Waals surface area contributed by atoms with Gasteiger partial charge in [-0.15, -0.1) is 0 Å². The van der Waals surface area contributed by atoms with Gasteiger partial charge in [0.2, 0.25) is 0 Å². The van der Waals surface area contributed by atoms with E-state index in [1.807, 2.05) is 25.1 Å². The van der Waals surface area contributed by atoms with Gasteiger partial charge in [-0.3, -0.25) is 5.43 Å². The maximum atomic E-state index is 5.20. The molecule has 0 unspecified atom stereocenters. The van der Waals surface area contributed by atoms with Crippen LogP contribution in [-0.2, 0) is 0 Å². The lowest BCUT2D eigenvalue weighted by atomic mass is 10.2. The highest BCUT2D eigenvalue weighted by Gasteiger charge is 2.02. The Kier molecular flexibility index (Phi) is 5.93. The van der Waals surface area contributed by atoms with E-state index in [1.165, 1.54) is 0 Å². The Morgan fingerprint density at radius 1 is 1.33 bits per heavy atom. The van der Waals surface area contributed by atoms with Crippen LogP contribution in [0.1, 0.15) is 12.5 Å². The van der Waals surface area contributed by atoms with Gasteiger partial charge in [-0.05, 0) is 42.9 Å². The van der Waals surface area contributed by atoms with E-state index in [-0.39, 0.29) is 0 Å². The highest BCUT2D eigenvalue weighted by Crippen LogP contribution is 2.26. The largest absolute Gasteiger partial charge is 0.493 e. The third kappa shape index (κ3) is 4.21. The molecule has 0 bridgehead atoms. The van der Waals surface area contributed by atoms with Crippen LogP contribution in [0.3, 0.4) is 0 Å². The predicted octanol–water partition coefficient (Wildman–Crippen LogP) is 1.52. The third-order valence-electron chi connectivity index (χ3n) is 2.12. The first-order valence-corrected chi connectivity index (χ1v) is 5.91. The Bertz CT molecular complexity index is 435. The summed E-state index contributed by atoms with van der Waals surface area (Å²) < 4.78 is 10.3. The second-order valence-corrected chi connectivity index (χ2v) is 3.75. The van der Waals surface area contributed by atoms with Gasteiger partial charge in [-0.25, -0.2) is 0 Å². The molecule has 0 amide bonds. The molecule has 6 heteroatoms. The summed E-state index contributed by atoms with van der Waals surface area (Å²) in [7, 11) is 3.19. The molecule has 0 heterocycles. The maximum absolute atomic E-state index is 5.20. The molecule has 0 aromatic heterocycles. The second kappa shape index (κ2) is 7.50. The van der Waals surface area contributed by atoms with Crippen LogP contribution in [0.25, 0.3) is 0 Å². The van der Waals surface area contributed by atoms with Crippen molar-refractivity contribution in [3.8, 4) is 11.5 Å². The van der Waals surface area contributed by atoms with Crippen molar-refractivity contribution in [1.82, 2.24) is 10.7 Å². The third-order valence-corrected chi connectivity index (χ3v) is 2.36. The van der Waals surface area contributed by atoms with Gasteiger partial charge in [0.25, 0.3) is 0 Å². The smallest absolute Gasteiger partial charge is 0.186 e. The first-order chi connectivity index (χ1) is 8.71. The Hall–Kier alpha value is -1.82. The van der Waals surface area contributed by atoms with E-state index in [9.17, 15) is 0 Å². The number of thiocarbonyl (C=S) groups is 1. The van der Waals surface area contributed by atoms with Crippen LogP contribution in [0.2, 0.25) is 0 Å². The number of benzene rings is 1. The van der Waals surface area contributed by atoms with Gasteiger partial charge in [-0.1, -0.05) is 0 Å². The summed E-state index contributed by atoms with van der Waals surface area (Å²) in [6.07, 6.45) is 1.66. The van der Waals surface area contributed by atoms with E-state index >= 15 is 0 Å². The van der Waals surface area contributed by atoms with Crippen LogP contribution in [0, 0.1) is 0 Å². The van der Waals surface area contributed by atoms with Crippen molar-refractivity contribution in [3.63, 3.8) is 0 Å². The fourth-order valence-corrected chi connectivity index (χ4v) is 1.50. The number of hydrazone groups is 1. The zero-order valence-corrected chi connectivity index (χ0v) is 11.5. The number of nitrogens with zero attached hydrogens (tertiary/aromatic N) is 1. The van der Waals surface area contributed by atoms with E-state index in [2.05, 4.69) is 15.8 Å². The van der Waals surface area contributed by atoms with E-state index in [1.54, 1.807) is 20.4 Å². The van der Waals surface area contributed by atoms with Gasteiger partial charge in [0.1, 0.15) is 0 Å². The van der Waals surface area contributed by atoms with Crippen LogP contribution in [0.15, 0.2) is 23.3 Å². The molecule has 0 atom stereocenters. The zero-order chi connectivity index (χ0) is 13.4. The van der Waals surface area contributed by atoms with Gasteiger partial charge in [-0.2, -0.15) is 5.10 Å². The molecule has 98 valence electrons. The quantitative estimate of drug-likeness (QED) is 0.481. The molecule has 18 heavy (non-hydrogen) atoms. The van der Waals surface area contributed by atoms with E-state index in [0.717, 1.165) is 12.1 Å². The number of nitrogens with one attached hydrogen (secondary N) is 2. The molecule has 1 aromatic carbocycles. The molecular formula is C12H17N3O2S. The van der Waals surface area contributed by atoms with Crippen molar-refractivity contribution in [1.29, 1.82) is 0 Å². The van der Waals surface area contributed by atoms with E-state index in [0.29, 0.717) is 16.6 Å². The molecule has 0 fully saturated rings. The summed E-state index contributed by atoms with van der Waals surface area (Å²) >= 11 is 4.98. The second-order valence-electron chi connectivity index (χ2n) is 3.34. The van der Waals surface area contributed by atoms with Crippen molar-refractivity contribution in [2.24, 2.45) is 5.10 Å². The van der Waals surface area contributed by atoms with Crippen LogP contribution >= 0.6 is 12.2 Å². The van der Waals surface area contributed by atoms with Crippen molar-refractivity contribution in [2.45, 2.75) is 6.92 Å². The molecule has 2 N–H and O–H groups in total. The standard InChI is InChI=1S/C12H17N3O2S/c1-4-13-12(18)15-14-8-9-5-6-10(16-2)11(7-9)17-3/h5-8H,4H2,1-3H3,(H2,13,15,18). The van der Waals surface area contributed by atoms with Crippen LogP contribution in [0.4, 0.5) is 0 Å². The van der Waals surface area contributed by atoms with Crippen LogP contribution in [-0.4, -0.2) is 32.1 Å². The van der Waals surface area contributed by atoms with Crippen LogP contribution < -0.4 is 20.2 Å². The molecular weight excluding hydrogens is 250 g/mol. The summed E-state index contributed by atoms with van der Waals surface area (Å²) in [5, 5.41) is 7.45. The molecule has 0 radical (unpaired) electrons. The minimum Gasteiger partial charge on any atom is -0.493 e. The molecule has 1 aromatic rings. The molecule has 0 spiro atoms. The van der Waals surface area contributed by atoms with Crippen molar-refractivity contribution in [3.05, 3.63) is 23.8 Å². The summed E-state index contributed by atoms with van der Waals surface area (Å²) in [5.41, 5.74) is 3.60. The van der Waals surface area contributed by atoms with Crippen molar-refractivity contribution in [2.75, 3.05) is 20.8 Å². The first-order valence-electron chi connectivity index (χ1n) is 5.50. The molecule has 1 rings (SSSR count). The lowest BCUT2D eigenvalue weighted by Gasteiger charge is -2.07. The van der Waals surface area contributed by atoms with Crippen LogP contribution in [0.5, 0.6) is 11.5 Å². The fourth-order valence-electron chi connectivity index (χ4n) is 1.30. The van der Waals surface area contributed by atoms with Gasteiger partial charge < -0.3 is 14.8 Å². The van der Waals surface area contributed by atoms with Gasteiger partial charge in [0, 0.05) is 6.54 Å². The van der Waals surface area contributed by atoms with Gasteiger partial charge in [0.05, 0.1) is 20.4 Å². The highest BCUT2D eigenvalue weighted by molar-refractivity contribution is 7.80. The summed E-state index contributed by atoms with van der Waals surface area (Å²) in [4.78, 5) is 0. The highest BCUT2D eigenvalue weighted by atomic mass is 32.1. The molecule has 0 aliphatic rings. The SMILES string of the molecule is CCNC(=S)NN=Cc1ccc(OC)c(OC)c1. The Morgan fingerprint density at radius 3 is 2.67 bits per heavy atom. The summed E-state index contributed by atoms with van der Waals surface area (Å²) in [6.45, 7) is 2.73. The summed E-state index contributed by atoms with van der Waals surface area (Å²) in [5.74, 6) is 1.35. The minimum atomic E-state index is 0.495. The van der Waals surface area contributed by atoms with Gasteiger partial charge in [0.15, 0.2) is 16.6 Å². The lowest BCUT2D eigenvalue weighted by Crippen LogP contribution is -2.31. The zero-order valence-electron chi connectivity index (χ0n) is 10.7. The monoisotopic (exact) mass is 267 g/mol. The lowest BCUT2D eigenvalue weighted by molar-refractivity contribution is 0.355. The number of hydrogen-bond acceptors (Lipinski definition) is 4. The van der Waals surface area contributed by atoms with Crippen molar-refractivity contribution >= 4 is 23.5 Å². The number of methoxy groups -OCH3 is 2. The first kappa shape index (κ1) is 14.2. The van der Waals surface area contributed by atoms with E-state index in [4.69, 9.17) is 21.7 Å². The number of hydrogen-bond donors (Lipinski definition) is 2. The molecule has 5 nitrogen and oxygen atoms in total. The normalized spacial score (nSPS) is 10.2. The van der Waals surface area contributed by atoms with Gasteiger partial charge >= 0.3 is 0 Å². The topological polar surface area (TPSA) is 54.9 Å². The molecule has 0 aliphatic carbocycles. The Morgan fingerprint density at radius 2 is 2.06 bits per heavy atom. The molecule has 0 saturated carbocycles.